The van der Waals surface area contributed by atoms with E-state index >= 15 is 0 Å². The molecule has 0 saturated carbocycles. The minimum absolute atomic E-state index is 0.686. The van der Waals surface area contributed by atoms with Crippen LogP contribution in [0.2, 0.25) is 0 Å². The number of nitrogens with zero attached hydrogens (tertiary/aromatic N) is 2. The van der Waals surface area contributed by atoms with Crippen molar-refractivity contribution in [3.63, 3.8) is 0 Å². The molecule has 3 heterocycles. The maximum atomic E-state index is 6.20. The number of aromatic nitrogens is 2. The molecule has 0 spiro atoms. The van der Waals surface area contributed by atoms with Crippen LogP contribution in [0.4, 0.5) is 0 Å². The van der Waals surface area contributed by atoms with Gasteiger partial charge >= 0.3 is 0 Å². The summed E-state index contributed by atoms with van der Waals surface area (Å²) < 4.78 is 8.78. The number of furan rings is 1. The lowest BCUT2D eigenvalue weighted by Gasteiger charge is -2.15. The van der Waals surface area contributed by atoms with Crippen LogP contribution in [0.25, 0.3) is 109 Å². The monoisotopic (exact) mass is 732 g/mol. The molecule has 0 amide bonds. The average Bonchev–Trinajstić information content (AvgIpc) is 3.84. The lowest BCUT2D eigenvalue weighted by molar-refractivity contribution is 0.669. The molecule has 0 aliphatic rings. The zero-order valence-corrected chi connectivity index (χ0v) is 31.0. The second-order valence-corrected chi connectivity index (χ2v) is 15.2. The number of thiophene rings is 1. The van der Waals surface area contributed by atoms with Crippen molar-refractivity contribution in [1.82, 2.24) is 9.97 Å². The van der Waals surface area contributed by atoms with Crippen molar-refractivity contribution in [3.05, 3.63) is 194 Å². The first kappa shape index (κ1) is 32.3. The summed E-state index contributed by atoms with van der Waals surface area (Å²) >= 11 is 1.84. The summed E-state index contributed by atoms with van der Waals surface area (Å²) in [6.07, 6.45) is 0. The number of para-hydroxylation sites is 1. The molecule has 0 fully saturated rings. The highest BCUT2D eigenvalue weighted by atomic mass is 32.1. The fourth-order valence-corrected chi connectivity index (χ4v) is 9.09. The van der Waals surface area contributed by atoms with Gasteiger partial charge in [0.1, 0.15) is 11.2 Å². The SMILES string of the molecule is c1ccc(-c2cc(-c3ccc4oc5ccccc5c4c3)cc(-c3cc(-c4ccccc4-c4ccc5c(c4)sc4ccccc45)nc(-c4ccccc4)n3)c2)cc1. The van der Waals surface area contributed by atoms with Crippen molar-refractivity contribution in [1.29, 1.82) is 0 Å². The van der Waals surface area contributed by atoms with E-state index in [4.69, 9.17) is 14.4 Å². The summed E-state index contributed by atoms with van der Waals surface area (Å²) in [5, 5.41) is 4.81. The Kier molecular flexibility index (Phi) is 7.68. The van der Waals surface area contributed by atoms with Crippen molar-refractivity contribution in [2.24, 2.45) is 0 Å². The normalized spacial score (nSPS) is 11.6. The molecule has 8 aromatic carbocycles. The standard InChI is InChI=1S/C52H32N2OS/c1-3-13-33(14-4-1)37-27-38(35-24-26-49-45(30-35)42-19-9-11-21-48(42)55-49)29-39(28-37)46-32-47(54-52(53-46)34-15-5-2-6-16-34)41-18-8-7-17-40(41)36-23-25-44-43-20-10-12-22-50(43)56-51(44)31-36/h1-32H. The highest BCUT2D eigenvalue weighted by Gasteiger charge is 2.17. The van der Waals surface area contributed by atoms with Gasteiger partial charge in [0.15, 0.2) is 5.82 Å². The molecule has 0 atom stereocenters. The Balaban J connectivity index is 1.11. The van der Waals surface area contributed by atoms with Crippen molar-refractivity contribution >= 4 is 53.4 Å². The molecule has 3 nitrogen and oxygen atoms in total. The Bertz CT molecular complexity index is 3250. The minimum Gasteiger partial charge on any atom is -0.456 e. The number of fused-ring (bicyclic) bond motifs is 6. The van der Waals surface area contributed by atoms with Crippen molar-refractivity contribution in [2.45, 2.75) is 0 Å². The van der Waals surface area contributed by atoms with Crippen molar-refractivity contribution in [2.75, 3.05) is 0 Å². The first-order valence-electron chi connectivity index (χ1n) is 18.8. The van der Waals surface area contributed by atoms with Crippen LogP contribution in [0, 0.1) is 0 Å². The van der Waals surface area contributed by atoms with Gasteiger partial charge in [0, 0.05) is 47.6 Å². The van der Waals surface area contributed by atoms with E-state index in [-0.39, 0.29) is 0 Å². The highest BCUT2D eigenvalue weighted by Crippen LogP contribution is 2.41. The Morgan fingerprint density at radius 1 is 0.321 bits per heavy atom. The first-order chi connectivity index (χ1) is 27.7. The van der Waals surface area contributed by atoms with Gasteiger partial charge < -0.3 is 4.42 Å². The third-order valence-corrected chi connectivity index (χ3v) is 11.8. The predicted octanol–water partition coefficient (Wildman–Crippen LogP) is 14.7. The molecule has 3 aromatic heterocycles. The zero-order valence-electron chi connectivity index (χ0n) is 30.2. The Labute approximate surface area is 327 Å². The molecule has 0 unspecified atom stereocenters. The molecule has 262 valence electrons. The van der Waals surface area contributed by atoms with E-state index in [1.165, 1.54) is 20.2 Å². The maximum Gasteiger partial charge on any atom is 0.160 e. The Morgan fingerprint density at radius 2 is 0.929 bits per heavy atom. The van der Waals surface area contributed by atoms with Gasteiger partial charge in [0.2, 0.25) is 0 Å². The van der Waals surface area contributed by atoms with Gasteiger partial charge in [0.05, 0.1) is 11.4 Å². The van der Waals surface area contributed by atoms with E-state index in [0.717, 1.165) is 83.4 Å². The lowest BCUT2D eigenvalue weighted by atomic mass is 9.93. The van der Waals surface area contributed by atoms with Crippen LogP contribution < -0.4 is 0 Å². The van der Waals surface area contributed by atoms with Crippen LogP contribution >= 0.6 is 11.3 Å². The van der Waals surface area contributed by atoms with Gasteiger partial charge in [-0.3, -0.25) is 0 Å². The van der Waals surface area contributed by atoms with Crippen LogP contribution in [0.1, 0.15) is 0 Å². The number of benzene rings is 8. The van der Waals surface area contributed by atoms with Crippen molar-refractivity contribution < 1.29 is 4.42 Å². The van der Waals surface area contributed by atoms with Gasteiger partial charge in [0.25, 0.3) is 0 Å². The van der Waals surface area contributed by atoms with Gasteiger partial charge in [-0.1, -0.05) is 140 Å². The van der Waals surface area contributed by atoms with E-state index in [2.05, 4.69) is 164 Å². The lowest BCUT2D eigenvalue weighted by Crippen LogP contribution is -1.97. The molecular weight excluding hydrogens is 701 g/mol. The predicted molar refractivity (Wildman–Crippen MR) is 235 cm³/mol. The molecule has 0 saturated heterocycles. The van der Waals surface area contributed by atoms with E-state index in [1.807, 2.05) is 41.7 Å². The summed E-state index contributed by atoms with van der Waals surface area (Å²) in [6.45, 7) is 0. The topological polar surface area (TPSA) is 38.9 Å². The van der Waals surface area contributed by atoms with Gasteiger partial charge in [-0.05, 0) is 88.0 Å². The second-order valence-electron chi connectivity index (χ2n) is 14.2. The van der Waals surface area contributed by atoms with E-state index in [1.54, 1.807) is 0 Å². The molecule has 56 heavy (non-hydrogen) atoms. The number of rotatable bonds is 6. The molecule has 11 aromatic rings. The molecule has 0 N–H and O–H groups in total. The fraction of sp³-hybridized carbons (Fsp3) is 0. The van der Waals surface area contributed by atoms with E-state index < -0.39 is 0 Å². The largest absolute Gasteiger partial charge is 0.456 e. The summed E-state index contributed by atoms with van der Waals surface area (Å²) in [4.78, 5) is 10.6. The molecule has 0 radical (unpaired) electrons. The van der Waals surface area contributed by atoms with Crippen LogP contribution in [-0.4, -0.2) is 9.97 Å². The van der Waals surface area contributed by atoms with Crippen molar-refractivity contribution in [3.8, 4) is 67.3 Å². The van der Waals surface area contributed by atoms with E-state index in [0.29, 0.717) is 5.82 Å². The molecule has 0 aliphatic heterocycles. The molecule has 4 heteroatoms. The molecule has 11 rings (SSSR count). The number of hydrogen-bond donors (Lipinski definition) is 0. The van der Waals surface area contributed by atoms with Gasteiger partial charge in [-0.25, -0.2) is 9.97 Å². The highest BCUT2D eigenvalue weighted by molar-refractivity contribution is 7.25. The van der Waals surface area contributed by atoms with Crippen LogP contribution in [-0.2, 0) is 0 Å². The first-order valence-corrected chi connectivity index (χ1v) is 19.6. The van der Waals surface area contributed by atoms with Gasteiger partial charge in [-0.2, -0.15) is 0 Å². The zero-order chi connectivity index (χ0) is 37.0. The molecule has 0 bridgehead atoms. The van der Waals surface area contributed by atoms with E-state index in [9.17, 15) is 0 Å². The smallest absolute Gasteiger partial charge is 0.160 e. The Hall–Kier alpha value is -7.14. The molecule has 0 aliphatic carbocycles. The van der Waals surface area contributed by atoms with Crippen LogP contribution in [0.15, 0.2) is 199 Å². The summed E-state index contributed by atoms with van der Waals surface area (Å²) in [7, 11) is 0. The number of hydrogen-bond acceptors (Lipinski definition) is 4. The Morgan fingerprint density at radius 3 is 1.77 bits per heavy atom. The summed E-state index contributed by atoms with van der Waals surface area (Å²) in [6, 6.07) is 68.6. The fourth-order valence-electron chi connectivity index (χ4n) is 7.95. The van der Waals surface area contributed by atoms with Gasteiger partial charge in [-0.15, -0.1) is 11.3 Å². The quantitative estimate of drug-likeness (QED) is 0.171. The summed E-state index contributed by atoms with van der Waals surface area (Å²) in [5.74, 6) is 0.686. The van der Waals surface area contributed by atoms with Crippen LogP contribution in [0.3, 0.4) is 0 Å². The summed E-state index contributed by atoms with van der Waals surface area (Å²) in [5.41, 5.74) is 13.3. The van der Waals surface area contributed by atoms with Crippen LogP contribution in [0.5, 0.6) is 0 Å². The average molecular weight is 733 g/mol. The third kappa shape index (κ3) is 5.67. The maximum absolute atomic E-state index is 6.20. The molecular formula is C52H32N2OS. The third-order valence-electron chi connectivity index (χ3n) is 10.7. The second kappa shape index (κ2) is 13.3. The minimum atomic E-state index is 0.686.